The normalized spacial score (nSPS) is 12.2. The standard InChI is InChI=1S/C22H27NO4/c1-6-19(27-18-13-9-16(10-14-18)22(2,3)4)20(24)23-17-11-7-15(8-12-17)21(25)26-5/h7-14,19H,6H2,1-5H3,(H,23,24)/t19-/m0/s1. The molecule has 0 aromatic heterocycles. The first-order chi connectivity index (χ1) is 12.7. The lowest BCUT2D eigenvalue weighted by Gasteiger charge is -2.21. The minimum absolute atomic E-state index is 0.0659. The van der Waals surface area contributed by atoms with Gasteiger partial charge in [-0.3, -0.25) is 4.79 Å². The van der Waals surface area contributed by atoms with Crippen LogP contribution in [0.25, 0.3) is 0 Å². The second kappa shape index (κ2) is 8.71. The number of benzene rings is 2. The highest BCUT2D eigenvalue weighted by Gasteiger charge is 2.19. The van der Waals surface area contributed by atoms with Crippen LogP contribution >= 0.6 is 0 Å². The molecule has 2 aromatic rings. The van der Waals surface area contributed by atoms with E-state index in [0.29, 0.717) is 23.4 Å². The number of hydrogen-bond donors (Lipinski definition) is 1. The fourth-order valence-electron chi connectivity index (χ4n) is 2.55. The first-order valence-corrected chi connectivity index (χ1v) is 9.01. The Morgan fingerprint density at radius 2 is 1.59 bits per heavy atom. The summed E-state index contributed by atoms with van der Waals surface area (Å²) < 4.78 is 10.5. The van der Waals surface area contributed by atoms with Crippen LogP contribution in [0.3, 0.4) is 0 Å². The summed E-state index contributed by atoms with van der Waals surface area (Å²) >= 11 is 0. The summed E-state index contributed by atoms with van der Waals surface area (Å²) in [6, 6.07) is 14.4. The van der Waals surface area contributed by atoms with Crippen molar-refractivity contribution in [3.05, 3.63) is 59.7 Å². The molecule has 1 N–H and O–H groups in total. The van der Waals surface area contributed by atoms with Gasteiger partial charge in [0, 0.05) is 5.69 Å². The van der Waals surface area contributed by atoms with Crippen molar-refractivity contribution in [2.75, 3.05) is 12.4 Å². The van der Waals surface area contributed by atoms with E-state index in [1.807, 2.05) is 31.2 Å². The molecule has 0 saturated heterocycles. The quantitative estimate of drug-likeness (QED) is 0.758. The summed E-state index contributed by atoms with van der Waals surface area (Å²) in [5, 5.41) is 2.82. The lowest BCUT2D eigenvalue weighted by molar-refractivity contribution is -0.122. The van der Waals surface area contributed by atoms with Crippen LogP contribution in [0.4, 0.5) is 5.69 Å². The van der Waals surface area contributed by atoms with E-state index in [0.717, 1.165) is 0 Å². The lowest BCUT2D eigenvalue weighted by atomic mass is 9.87. The zero-order valence-corrected chi connectivity index (χ0v) is 16.5. The van der Waals surface area contributed by atoms with E-state index in [4.69, 9.17) is 4.74 Å². The van der Waals surface area contributed by atoms with Crippen LogP contribution in [0.1, 0.15) is 50.0 Å². The van der Waals surface area contributed by atoms with Crippen LogP contribution < -0.4 is 10.1 Å². The van der Waals surface area contributed by atoms with E-state index in [-0.39, 0.29) is 11.3 Å². The molecule has 0 heterocycles. The van der Waals surface area contributed by atoms with Crippen LogP contribution in [-0.2, 0) is 14.9 Å². The number of esters is 1. The predicted octanol–water partition coefficient (Wildman–Crippen LogP) is 4.57. The van der Waals surface area contributed by atoms with Crippen molar-refractivity contribution in [2.24, 2.45) is 0 Å². The number of carbonyl (C=O) groups excluding carboxylic acids is 2. The third kappa shape index (κ3) is 5.58. The van der Waals surface area contributed by atoms with Crippen LogP contribution in [0.5, 0.6) is 5.75 Å². The highest BCUT2D eigenvalue weighted by Crippen LogP contribution is 2.25. The van der Waals surface area contributed by atoms with Crippen LogP contribution in [0.2, 0.25) is 0 Å². The number of carbonyl (C=O) groups is 2. The van der Waals surface area contributed by atoms with Gasteiger partial charge in [0.25, 0.3) is 5.91 Å². The van der Waals surface area contributed by atoms with E-state index in [1.165, 1.54) is 12.7 Å². The Kier molecular flexibility index (Phi) is 6.61. The Morgan fingerprint density at radius 3 is 2.07 bits per heavy atom. The number of ether oxygens (including phenoxy) is 2. The van der Waals surface area contributed by atoms with Crippen LogP contribution in [-0.4, -0.2) is 25.1 Å². The van der Waals surface area contributed by atoms with Gasteiger partial charge >= 0.3 is 5.97 Å². The average Bonchev–Trinajstić information content (AvgIpc) is 2.65. The van der Waals surface area contributed by atoms with Gasteiger partial charge in [0.05, 0.1) is 12.7 Å². The summed E-state index contributed by atoms with van der Waals surface area (Å²) in [5.74, 6) is 0.00982. The summed E-state index contributed by atoms with van der Waals surface area (Å²) in [7, 11) is 1.33. The lowest BCUT2D eigenvalue weighted by Crippen LogP contribution is -2.32. The number of amides is 1. The minimum atomic E-state index is -0.606. The SMILES string of the molecule is CC[C@H](Oc1ccc(C(C)(C)C)cc1)C(=O)Nc1ccc(C(=O)OC)cc1. The Hall–Kier alpha value is -2.82. The number of rotatable bonds is 6. The molecular formula is C22H27NO4. The molecule has 0 saturated carbocycles. The zero-order valence-electron chi connectivity index (χ0n) is 16.5. The molecule has 0 aliphatic heterocycles. The van der Waals surface area contributed by atoms with Crippen molar-refractivity contribution in [1.82, 2.24) is 0 Å². The Morgan fingerprint density at radius 1 is 1.00 bits per heavy atom. The van der Waals surface area contributed by atoms with Crippen LogP contribution in [0.15, 0.2) is 48.5 Å². The predicted molar refractivity (Wildman–Crippen MR) is 106 cm³/mol. The third-order valence-electron chi connectivity index (χ3n) is 4.24. The van der Waals surface area contributed by atoms with E-state index < -0.39 is 12.1 Å². The van der Waals surface area contributed by atoms with Gasteiger partial charge in [0.15, 0.2) is 6.10 Å². The summed E-state index contributed by atoms with van der Waals surface area (Å²) in [6.07, 6.45) is -0.0709. The largest absolute Gasteiger partial charge is 0.481 e. The van der Waals surface area contributed by atoms with E-state index in [2.05, 4.69) is 30.8 Å². The molecule has 0 radical (unpaired) electrons. The molecule has 27 heavy (non-hydrogen) atoms. The topological polar surface area (TPSA) is 64.6 Å². The third-order valence-corrected chi connectivity index (χ3v) is 4.24. The van der Waals surface area contributed by atoms with Gasteiger partial charge in [-0.1, -0.05) is 39.8 Å². The molecule has 144 valence electrons. The molecule has 0 unspecified atom stereocenters. The van der Waals surface area contributed by atoms with E-state index in [1.54, 1.807) is 24.3 Å². The van der Waals surface area contributed by atoms with Crippen molar-refractivity contribution < 1.29 is 19.1 Å². The summed E-state index contributed by atoms with van der Waals surface area (Å²) in [5.41, 5.74) is 2.30. The number of hydrogen-bond acceptors (Lipinski definition) is 4. The van der Waals surface area contributed by atoms with Gasteiger partial charge in [-0.2, -0.15) is 0 Å². The summed E-state index contributed by atoms with van der Waals surface area (Å²) in [4.78, 5) is 24.0. The number of anilines is 1. The Labute approximate surface area is 160 Å². The molecule has 0 fully saturated rings. The maximum Gasteiger partial charge on any atom is 0.337 e. The molecule has 5 heteroatoms. The van der Waals surface area contributed by atoms with Gasteiger partial charge in [-0.05, 0) is 53.8 Å². The van der Waals surface area contributed by atoms with Gasteiger partial charge < -0.3 is 14.8 Å². The second-order valence-electron chi connectivity index (χ2n) is 7.35. The molecule has 5 nitrogen and oxygen atoms in total. The fraction of sp³-hybridized carbons (Fsp3) is 0.364. The van der Waals surface area contributed by atoms with Gasteiger partial charge in [-0.25, -0.2) is 4.79 Å². The molecule has 2 rings (SSSR count). The van der Waals surface area contributed by atoms with E-state index >= 15 is 0 Å². The molecule has 0 spiro atoms. The van der Waals surface area contributed by atoms with Crippen molar-refractivity contribution in [2.45, 2.75) is 45.6 Å². The monoisotopic (exact) mass is 369 g/mol. The van der Waals surface area contributed by atoms with Crippen molar-refractivity contribution >= 4 is 17.6 Å². The van der Waals surface area contributed by atoms with Crippen molar-refractivity contribution in [1.29, 1.82) is 0 Å². The number of methoxy groups -OCH3 is 1. The Balaban J connectivity index is 2.02. The van der Waals surface area contributed by atoms with Crippen molar-refractivity contribution in [3.8, 4) is 5.75 Å². The Bertz CT molecular complexity index is 773. The zero-order chi connectivity index (χ0) is 20.0. The van der Waals surface area contributed by atoms with Crippen molar-refractivity contribution in [3.63, 3.8) is 0 Å². The fourth-order valence-corrected chi connectivity index (χ4v) is 2.55. The van der Waals surface area contributed by atoms with Gasteiger partial charge in [0.1, 0.15) is 5.75 Å². The first-order valence-electron chi connectivity index (χ1n) is 9.01. The highest BCUT2D eigenvalue weighted by molar-refractivity contribution is 5.95. The van der Waals surface area contributed by atoms with Gasteiger partial charge in [0.2, 0.25) is 0 Å². The van der Waals surface area contributed by atoms with Crippen LogP contribution in [0, 0.1) is 0 Å². The highest BCUT2D eigenvalue weighted by atomic mass is 16.5. The molecule has 1 atom stereocenters. The number of nitrogens with one attached hydrogen (secondary N) is 1. The molecule has 0 aliphatic carbocycles. The molecule has 0 aliphatic rings. The second-order valence-corrected chi connectivity index (χ2v) is 7.35. The first kappa shape index (κ1) is 20.5. The smallest absolute Gasteiger partial charge is 0.337 e. The maximum atomic E-state index is 12.5. The van der Waals surface area contributed by atoms with Gasteiger partial charge in [-0.15, -0.1) is 0 Å². The maximum absolute atomic E-state index is 12.5. The molecule has 0 bridgehead atoms. The van der Waals surface area contributed by atoms with E-state index in [9.17, 15) is 9.59 Å². The molecular weight excluding hydrogens is 342 g/mol. The molecule has 1 amide bonds. The summed E-state index contributed by atoms with van der Waals surface area (Å²) in [6.45, 7) is 8.35. The minimum Gasteiger partial charge on any atom is -0.481 e. The average molecular weight is 369 g/mol. The molecule has 2 aromatic carbocycles.